The van der Waals surface area contributed by atoms with Gasteiger partial charge in [-0.25, -0.2) is 4.68 Å². The van der Waals surface area contributed by atoms with E-state index in [0.717, 1.165) is 23.5 Å². The Labute approximate surface area is 155 Å². The van der Waals surface area contributed by atoms with Gasteiger partial charge < -0.3 is 4.90 Å². The summed E-state index contributed by atoms with van der Waals surface area (Å²) < 4.78 is 2.05. The molecule has 3 aromatic rings. The van der Waals surface area contributed by atoms with Crippen molar-refractivity contribution >= 4 is 5.69 Å². The van der Waals surface area contributed by atoms with Gasteiger partial charge in [-0.2, -0.15) is 0 Å². The van der Waals surface area contributed by atoms with Crippen molar-refractivity contribution in [2.24, 2.45) is 0 Å². The molecule has 0 unspecified atom stereocenters. The zero-order valence-electron chi connectivity index (χ0n) is 16.2. The summed E-state index contributed by atoms with van der Waals surface area (Å²) in [7, 11) is 0. The largest absolute Gasteiger partial charge is 0.362 e. The molecule has 4 nitrogen and oxygen atoms in total. The van der Waals surface area contributed by atoms with Crippen LogP contribution in [0.15, 0.2) is 48.5 Å². The van der Waals surface area contributed by atoms with E-state index in [4.69, 9.17) is 0 Å². The normalized spacial score (nSPS) is 13.7. The Morgan fingerprint density at radius 2 is 1.58 bits per heavy atom. The van der Waals surface area contributed by atoms with E-state index in [-0.39, 0.29) is 11.6 Å². The van der Waals surface area contributed by atoms with Crippen molar-refractivity contribution in [2.45, 2.75) is 52.7 Å². The van der Waals surface area contributed by atoms with Crippen molar-refractivity contribution < 1.29 is 0 Å². The Kier molecular flexibility index (Phi) is 3.87. The van der Waals surface area contributed by atoms with E-state index in [9.17, 15) is 0 Å². The van der Waals surface area contributed by atoms with E-state index in [0.29, 0.717) is 0 Å². The molecule has 26 heavy (non-hydrogen) atoms. The maximum atomic E-state index is 4.62. The molecular formula is C22H26N4. The minimum Gasteiger partial charge on any atom is -0.362 e. The molecule has 1 aliphatic rings. The lowest BCUT2D eigenvalue weighted by molar-refractivity contribution is 0.500. The molecule has 0 aliphatic carbocycles. The Hall–Kier alpha value is -2.62. The molecule has 0 saturated carbocycles. The summed E-state index contributed by atoms with van der Waals surface area (Å²) in [5, 5.41) is 9.14. The molecule has 0 spiro atoms. The van der Waals surface area contributed by atoms with Crippen LogP contribution in [0.25, 0.3) is 22.5 Å². The quantitative estimate of drug-likeness (QED) is 0.598. The number of fused-ring (bicyclic) bond motifs is 5. The van der Waals surface area contributed by atoms with Crippen LogP contribution in [0.1, 0.15) is 46.2 Å². The van der Waals surface area contributed by atoms with Crippen molar-refractivity contribution in [1.82, 2.24) is 15.0 Å². The number of hydrogen-bond donors (Lipinski definition) is 0. The van der Waals surface area contributed by atoms with Crippen LogP contribution in [0.4, 0.5) is 5.69 Å². The second kappa shape index (κ2) is 5.97. The predicted octanol–water partition coefficient (Wildman–Crippen LogP) is 5.31. The van der Waals surface area contributed by atoms with Crippen LogP contribution in [0.3, 0.4) is 0 Å². The number of para-hydroxylation sites is 1. The van der Waals surface area contributed by atoms with Crippen LogP contribution in [0.5, 0.6) is 0 Å². The first kappa shape index (κ1) is 16.8. The van der Waals surface area contributed by atoms with Crippen LogP contribution < -0.4 is 4.90 Å². The average Bonchev–Trinajstić information content (AvgIpc) is 3.02. The maximum Gasteiger partial charge on any atom is 0.123 e. The van der Waals surface area contributed by atoms with Gasteiger partial charge in [0, 0.05) is 34.9 Å². The summed E-state index contributed by atoms with van der Waals surface area (Å²) >= 11 is 0. The molecule has 0 N–H and O–H groups in total. The average molecular weight is 346 g/mol. The topological polar surface area (TPSA) is 34.0 Å². The van der Waals surface area contributed by atoms with E-state index < -0.39 is 0 Å². The molecule has 0 saturated heterocycles. The number of hydrogen-bond acceptors (Lipinski definition) is 3. The molecule has 0 radical (unpaired) electrons. The summed E-state index contributed by atoms with van der Waals surface area (Å²) in [6.07, 6.45) is 0. The van der Waals surface area contributed by atoms with Crippen LogP contribution in [-0.4, -0.2) is 20.5 Å². The molecule has 0 amide bonds. The number of nitrogens with zero attached hydrogens (tertiary/aromatic N) is 4. The van der Waals surface area contributed by atoms with Crippen LogP contribution in [0.2, 0.25) is 0 Å². The van der Waals surface area contributed by atoms with Crippen molar-refractivity contribution in [3.05, 3.63) is 54.1 Å². The molecule has 2 aromatic carbocycles. The minimum absolute atomic E-state index is 0.00520. The molecule has 1 aromatic heterocycles. The smallest absolute Gasteiger partial charge is 0.123 e. The van der Waals surface area contributed by atoms with Gasteiger partial charge in [0.05, 0.1) is 5.69 Å². The lowest BCUT2D eigenvalue weighted by Gasteiger charge is -2.40. The molecule has 4 heteroatoms. The molecule has 134 valence electrons. The number of benzene rings is 2. The zero-order chi connectivity index (χ0) is 18.5. The molecule has 2 heterocycles. The van der Waals surface area contributed by atoms with E-state index >= 15 is 0 Å². The SMILES string of the molecule is CC(C)n1nnc2c1-c1ccccc1CN(C(C)(C)C)c1ccccc1-2. The van der Waals surface area contributed by atoms with E-state index in [2.05, 4.69) is 103 Å². The standard InChI is InChI=1S/C22H26N4/c1-15(2)26-21-17-11-7-6-10-16(17)14-25(22(3,4)5)19-13-9-8-12-18(19)20(21)23-24-26/h6-13,15H,14H2,1-5H3. The summed E-state index contributed by atoms with van der Waals surface area (Å²) in [5.74, 6) is 0. The van der Waals surface area contributed by atoms with Gasteiger partial charge in [-0.1, -0.05) is 47.7 Å². The van der Waals surface area contributed by atoms with Gasteiger partial charge >= 0.3 is 0 Å². The lowest BCUT2D eigenvalue weighted by atomic mass is 9.92. The Bertz CT molecular complexity index is 947. The molecule has 0 bridgehead atoms. The van der Waals surface area contributed by atoms with Gasteiger partial charge in [-0.15, -0.1) is 5.10 Å². The first-order valence-electron chi connectivity index (χ1n) is 9.28. The van der Waals surface area contributed by atoms with E-state index in [1.165, 1.54) is 16.8 Å². The predicted molar refractivity (Wildman–Crippen MR) is 107 cm³/mol. The fourth-order valence-corrected chi connectivity index (χ4v) is 3.74. The molecule has 1 aliphatic heterocycles. The summed E-state index contributed by atoms with van der Waals surface area (Å²) in [6.45, 7) is 12.0. The van der Waals surface area contributed by atoms with Crippen LogP contribution >= 0.6 is 0 Å². The van der Waals surface area contributed by atoms with Crippen molar-refractivity contribution in [2.75, 3.05) is 4.90 Å². The minimum atomic E-state index is -0.00520. The third-order valence-electron chi connectivity index (χ3n) is 5.04. The number of rotatable bonds is 1. The highest BCUT2D eigenvalue weighted by molar-refractivity contribution is 5.88. The first-order valence-corrected chi connectivity index (χ1v) is 9.28. The van der Waals surface area contributed by atoms with Gasteiger partial charge in [0.1, 0.15) is 5.69 Å². The molecular weight excluding hydrogens is 320 g/mol. The molecule has 0 atom stereocenters. The zero-order valence-corrected chi connectivity index (χ0v) is 16.2. The molecule has 4 rings (SSSR count). The summed E-state index contributed by atoms with van der Waals surface area (Å²) in [6, 6.07) is 17.5. The van der Waals surface area contributed by atoms with Crippen LogP contribution in [0, 0.1) is 0 Å². The second-order valence-electron chi connectivity index (χ2n) is 8.26. The summed E-state index contributed by atoms with van der Waals surface area (Å²) in [5.41, 5.74) is 6.99. The van der Waals surface area contributed by atoms with Crippen molar-refractivity contribution in [3.8, 4) is 22.5 Å². The fourth-order valence-electron chi connectivity index (χ4n) is 3.74. The number of aromatic nitrogens is 3. The Morgan fingerprint density at radius 1 is 0.923 bits per heavy atom. The Balaban J connectivity index is 2.09. The highest BCUT2D eigenvalue weighted by Gasteiger charge is 2.31. The van der Waals surface area contributed by atoms with E-state index in [1.807, 2.05) is 0 Å². The van der Waals surface area contributed by atoms with Gasteiger partial charge in [-0.05, 0) is 46.2 Å². The van der Waals surface area contributed by atoms with E-state index in [1.54, 1.807) is 0 Å². The van der Waals surface area contributed by atoms with Gasteiger partial charge in [-0.3, -0.25) is 0 Å². The highest BCUT2D eigenvalue weighted by atomic mass is 15.4. The van der Waals surface area contributed by atoms with Gasteiger partial charge in [0.15, 0.2) is 0 Å². The van der Waals surface area contributed by atoms with Crippen molar-refractivity contribution in [3.63, 3.8) is 0 Å². The first-order chi connectivity index (χ1) is 12.4. The van der Waals surface area contributed by atoms with Crippen LogP contribution in [-0.2, 0) is 6.54 Å². The maximum absolute atomic E-state index is 4.62. The Morgan fingerprint density at radius 3 is 2.27 bits per heavy atom. The fraction of sp³-hybridized carbons (Fsp3) is 0.364. The monoisotopic (exact) mass is 346 g/mol. The third kappa shape index (κ3) is 2.61. The highest BCUT2D eigenvalue weighted by Crippen LogP contribution is 2.43. The third-order valence-corrected chi connectivity index (χ3v) is 5.04. The van der Waals surface area contributed by atoms with Gasteiger partial charge in [0.2, 0.25) is 0 Å². The summed E-state index contributed by atoms with van der Waals surface area (Å²) in [4.78, 5) is 2.47. The lowest BCUT2D eigenvalue weighted by Crippen LogP contribution is -2.41. The molecule has 0 fully saturated rings. The van der Waals surface area contributed by atoms with Crippen molar-refractivity contribution in [1.29, 1.82) is 0 Å². The number of anilines is 1. The second-order valence-corrected chi connectivity index (χ2v) is 8.26. The van der Waals surface area contributed by atoms with Gasteiger partial charge in [0.25, 0.3) is 0 Å².